The minimum atomic E-state index is -0.459. The van der Waals surface area contributed by atoms with E-state index >= 15 is 0 Å². The van der Waals surface area contributed by atoms with Gasteiger partial charge in [0, 0.05) is 11.8 Å². The number of rotatable bonds is 4. The van der Waals surface area contributed by atoms with Crippen molar-refractivity contribution < 1.29 is 14.3 Å². The molecule has 0 saturated carbocycles. The summed E-state index contributed by atoms with van der Waals surface area (Å²) >= 11 is 1.14. The van der Waals surface area contributed by atoms with E-state index in [4.69, 9.17) is 20.9 Å². The van der Waals surface area contributed by atoms with Crippen LogP contribution in [-0.2, 0) is 4.79 Å². The molecule has 0 radical (unpaired) electrons. The SMILES string of the molecule is C[C@@H](Sc1nc(N)nc(N)n1)C(=O)Nc1ccc2c(c1)OCCO2. The van der Waals surface area contributed by atoms with Crippen LogP contribution in [0, 0.1) is 0 Å². The summed E-state index contributed by atoms with van der Waals surface area (Å²) < 4.78 is 10.9. The molecule has 0 spiro atoms. The number of nitrogens with one attached hydrogen (secondary N) is 1. The zero-order valence-corrected chi connectivity index (χ0v) is 13.7. The lowest BCUT2D eigenvalue weighted by atomic mass is 10.2. The molecule has 2 heterocycles. The normalized spacial score (nSPS) is 14.0. The number of nitrogens with two attached hydrogens (primary N) is 2. The van der Waals surface area contributed by atoms with Gasteiger partial charge in [0.05, 0.1) is 5.25 Å². The van der Waals surface area contributed by atoms with Crippen molar-refractivity contribution in [2.45, 2.75) is 17.3 Å². The van der Waals surface area contributed by atoms with Crippen molar-refractivity contribution in [2.24, 2.45) is 0 Å². The van der Waals surface area contributed by atoms with Gasteiger partial charge in [-0.2, -0.15) is 15.0 Å². The maximum absolute atomic E-state index is 12.3. The molecule has 10 heteroatoms. The Morgan fingerprint density at radius 3 is 2.54 bits per heavy atom. The Morgan fingerprint density at radius 2 is 1.83 bits per heavy atom. The van der Waals surface area contributed by atoms with Crippen molar-refractivity contribution in [2.75, 3.05) is 30.0 Å². The molecule has 2 aromatic rings. The highest BCUT2D eigenvalue weighted by molar-refractivity contribution is 8.00. The highest BCUT2D eigenvalue weighted by Gasteiger charge is 2.18. The molecule has 1 aliphatic rings. The first-order valence-electron chi connectivity index (χ1n) is 7.15. The highest BCUT2D eigenvalue weighted by atomic mass is 32.2. The molecule has 0 aliphatic carbocycles. The molecule has 0 saturated heterocycles. The van der Waals surface area contributed by atoms with Crippen molar-refractivity contribution in [1.29, 1.82) is 0 Å². The molecule has 1 aromatic heterocycles. The van der Waals surface area contributed by atoms with Crippen LogP contribution in [0.5, 0.6) is 11.5 Å². The van der Waals surface area contributed by atoms with Gasteiger partial charge in [-0.05, 0) is 19.1 Å². The van der Waals surface area contributed by atoms with Crippen molar-refractivity contribution in [3.63, 3.8) is 0 Å². The van der Waals surface area contributed by atoms with E-state index in [0.717, 1.165) is 11.8 Å². The second-order valence-electron chi connectivity index (χ2n) is 4.94. The number of fused-ring (bicyclic) bond motifs is 1. The van der Waals surface area contributed by atoms with E-state index in [2.05, 4.69) is 20.3 Å². The Labute approximate surface area is 142 Å². The molecule has 0 fully saturated rings. The molecule has 1 atom stereocenters. The second kappa shape index (κ2) is 6.79. The lowest BCUT2D eigenvalue weighted by Crippen LogP contribution is -2.23. The quantitative estimate of drug-likeness (QED) is 0.688. The lowest BCUT2D eigenvalue weighted by Gasteiger charge is -2.19. The molecule has 5 N–H and O–H groups in total. The standard InChI is InChI=1S/C14H16N6O3S/c1-7(24-14-19-12(15)18-13(16)20-14)11(21)17-8-2-3-9-10(6-8)23-5-4-22-9/h2-3,6-7H,4-5H2,1H3,(H,17,21)(H4,15,16,18,19,20)/t7-/m1/s1. The first-order chi connectivity index (χ1) is 11.5. The Morgan fingerprint density at radius 1 is 1.17 bits per heavy atom. The number of nitrogen functional groups attached to an aromatic ring is 2. The van der Waals surface area contributed by atoms with E-state index < -0.39 is 5.25 Å². The first-order valence-corrected chi connectivity index (χ1v) is 8.03. The lowest BCUT2D eigenvalue weighted by molar-refractivity contribution is -0.115. The van der Waals surface area contributed by atoms with Gasteiger partial charge in [0.15, 0.2) is 16.7 Å². The molecule has 24 heavy (non-hydrogen) atoms. The summed E-state index contributed by atoms with van der Waals surface area (Å²) in [5.74, 6) is 1.10. The van der Waals surface area contributed by atoms with Crippen LogP contribution in [0.25, 0.3) is 0 Å². The highest BCUT2D eigenvalue weighted by Crippen LogP contribution is 2.33. The van der Waals surface area contributed by atoms with Crippen molar-refractivity contribution in [1.82, 2.24) is 15.0 Å². The molecule has 1 amide bonds. The molecular weight excluding hydrogens is 332 g/mol. The van der Waals surface area contributed by atoms with Gasteiger partial charge in [0.1, 0.15) is 13.2 Å². The summed E-state index contributed by atoms with van der Waals surface area (Å²) in [6.07, 6.45) is 0. The van der Waals surface area contributed by atoms with E-state index in [-0.39, 0.29) is 17.8 Å². The fraction of sp³-hybridized carbons (Fsp3) is 0.286. The van der Waals surface area contributed by atoms with Crippen LogP contribution < -0.4 is 26.3 Å². The van der Waals surface area contributed by atoms with E-state index in [1.807, 2.05) is 0 Å². The van der Waals surface area contributed by atoms with Crippen LogP contribution in [0.15, 0.2) is 23.4 Å². The van der Waals surface area contributed by atoms with Gasteiger partial charge in [-0.15, -0.1) is 0 Å². The summed E-state index contributed by atoms with van der Waals surface area (Å²) in [5, 5.41) is 2.65. The summed E-state index contributed by atoms with van der Waals surface area (Å²) in [4.78, 5) is 23.9. The van der Waals surface area contributed by atoms with Crippen molar-refractivity contribution in [3.05, 3.63) is 18.2 Å². The summed E-state index contributed by atoms with van der Waals surface area (Å²) in [6, 6.07) is 5.24. The molecule has 3 rings (SSSR count). The molecular formula is C14H16N6O3S. The van der Waals surface area contributed by atoms with Gasteiger partial charge >= 0.3 is 0 Å². The number of hydrogen-bond donors (Lipinski definition) is 3. The molecule has 1 aliphatic heterocycles. The number of carbonyl (C=O) groups is 1. The Bertz CT molecular complexity index is 752. The van der Waals surface area contributed by atoms with Crippen LogP contribution in [0.4, 0.5) is 17.6 Å². The molecule has 1 aromatic carbocycles. The summed E-state index contributed by atoms with van der Waals surface area (Å²) in [7, 11) is 0. The molecule has 0 bridgehead atoms. The number of thioether (sulfide) groups is 1. The molecule has 126 valence electrons. The number of benzene rings is 1. The van der Waals surface area contributed by atoms with Crippen LogP contribution in [0.3, 0.4) is 0 Å². The number of carbonyl (C=O) groups excluding carboxylic acids is 1. The van der Waals surface area contributed by atoms with Gasteiger partial charge in [0.2, 0.25) is 17.8 Å². The van der Waals surface area contributed by atoms with Crippen LogP contribution in [-0.4, -0.2) is 39.3 Å². The molecule has 9 nitrogen and oxygen atoms in total. The fourth-order valence-electron chi connectivity index (χ4n) is 2.02. The number of amides is 1. The average molecular weight is 348 g/mol. The third-order valence-corrected chi connectivity index (χ3v) is 4.07. The number of ether oxygens (including phenoxy) is 2. The molecule has 0 unspecified atom stereocenters. The van der Waals surface area contributed by atoms with Gasteiger partial charge in [-0.3, -0.25) is 4.79 Å². The summed E-state index contributed by atoms with van der Waals surface area (Å²) in [6.45, 7) is 2.73. The van der Waals surface area contributed by atoms with Crippen LogP contribution in [0.2, 0.25) is 0 Å². The van der Waals surface area contributed by atoms with E-state index in [1.54, 1.807) is 25.1 Å². The van der Waals surface area contributed by atoms with Crippen LogP contribution >= 0.6 is 11.8 Å². The Balaban J connectivity index is 1.65. The van der Waals surface area contributed by atoms with Crippen molar-refractivity contribution >= 4 is 35.3 Å². The van der Waals surface area contributed by atoms with E-state index in [0.29, 0.717) is 35.6 Å². The predicted octanol–water partition coefficient (Wildman–Crippen LogP) is 0.926. The average Bonchev–Trinajstić information content (AvgIpc) is 2.53. The fourth-order valence-corrected chi connectivity index (χ4v) is 2.79. The first kappa shape index (κ1) is 16.1. The number of aromatic nitrogens is 3. The van der Waals surface area contributed by atoms with Gasteiger partial charge in [0.25, 0.3) is 0 Å². The smallest absolute Gasteiger partial charge is 0.237 e. The third-order valence-electron chi connectivity index (χ3n) is 3.11. The van der Waals surface area contributed by atoms with E-state index in [9.17, 15) is 4.79 Å². The van der Waals surface area contributed by atoms with Gasteiger partial charge in [-0.25, -0.2) is 0 Å². The predicted molar refractivity (Wildman–Crippen MR) is 90.0 cm³/mol. The monoisotopic (exact) mass is 348 g/mol. The minimum Gasteiger partial charge on any atom is -0.486 e. The van der Waals surface area contributed by atoms with Gasteiger partial charge < -0.3 is 26.3 Å². The van der Waals surface area contributed by atoms with Gasteiger partial charge in [-0.1, -0.05) is 11.8 Å². The Kier molecular flexibility index (Phi) is 4.56. The second-order valence-corrected chi connectivity index (χ2v) is 6.25. The zero-order chi connectivity index (χ0) is 17.1. The van der Waals surface area contributed by atoms with E-state index in [1.165, 1.54) is 0 Å². The van der Waals surface area contributed by atoms with Crippen LogP contribution in [0.1, 0.15) is 6.92 Å². The summed E-state index contributed by atoms with van der Waals surface area (Å²) in [5.41, 5.74) is 11.7. The van der Waals surface area contributed by atoms with Crippen molar-refractivity contribution in [3.8, 4) is 11.5 Å². The number of nitrogens with zero attached hydrogens (tertiary/aromatic N) is 3. The zero-order valence-electron chi connectivity index (χ0n) is 12.9. The third kappa shape index (κ3) is 3.77. The number of anilines is 3. The minimum absolute atomic E-state index is 0.0180. The topological polar surface area (TPSA) is 138 Å². The maximum atomic E-state index is 12.3. The maximum Gasteiger partial charge on any atom is 0.237 e. The largest absolute Gasteiger partial charge is 0.486 e. The number of hydrogen-bond acceptors (Lipinski definition) is 9. The Hall–Kier alpha value is -2.75.